The van der Waals surface area contributed by atoms with E-state index in [1.165, 1.54) is 5.56 Å². The highest BCUT2D eigenvalue weighted by Gasteiger charge is 2.26. The van der Waals surface area contributed by atoms with Crippen molar-refractivity contribution in [2.24, 2.45) is 5.41 Å². The Morgan fingerprint density at radius 2 is 2.00 bits per heavy atom. The largest absolute Gasteiger partial charge is 0.481 e. The summed E-state index contributed by atoms with van der Waals surface area (Å²) in [7, 11) is 0. The van der Waals surface area contributed by atoms with Gasteiger partial charge in [-0.15, -0.1) is 0 Å². The zero-order chi connectivity index (χ0) is 12.2. The molecule has 0 aliphatic heterocycles. The van der Waals surface area contributed by atoms with Crippen LogP contribution in [0.25, 0.3) is 0 Å². The van der Waals surface area contributed by atoms with Gasteiger partial charge in [-0.2, -0.15) is 0 Å². The lowest BCUT2D eigenvalue weighted by Crippen LogP contribution is -2.31. The van der Waals surface area contributed by atoms with E-state index in [1.54, 1.807) is 13.8 Å². The second kappa shape index (κ2) is 5.01. The van der Waals surface area contributed by atoms with Crippen LogP contribution in [-0.2, 0) is 11.2 Å². The van der Waals surface area contributed by atoms with Gasteiger partial charge in [0.2, 0.25) is 0 Å². The summed E-state index contributed by atoms with van der Waals surface area (Å²) in [4.78, 5) is 11.0. The van der Waals surface area contributed by atoms with Crippen molar-refractivity contribution < 1.29 is 9.90 Å². The van der Waals surface area contributed by atoms with Gasteiger partial charge in [0.1, 0.15) is 0 Å². The number of benzene rings is 1. The number of carboxylic acid groups (broad SMARTS) is 1. The first-order valence-corrected chi connectivity index (χ1v) is 5.52. The topological polar surface area (TPSA) is 49.3 Å². The van der Waals surface area contributed by atoms with Crippen molar-refractivity contribution in [3.8, 4) is 0 Å². The van der Waals surface area contributed by atoms with Gasteiger partial charge in [0.25, 0.3) is 0 Å². The predicted octanol–water partition coefficient (Wildman–Crippen LogP) is 2.77. The molecule has 1 aromatic carbocycles. The standard InChI is InChI=1S/C13H19NO2/c1-4-10-7-5-6-8-11(10)14-9-13(2,3)12(15)16/h5-8,14H,4,9H2,1-3H3,(H,15,16). The van der Waals surface area contributed by atoms with Crippen LogP contribution in [0, 0.1) is 5.41 Å². The van der Waals surface area contributed by atoms with Crippen LogP contribution < -0.4 is 5.32 Å². The summed E-state index contributed by atoms with van der Waals surface area (Å²) in [6.07, 6.45) is 0.941. The molecule has 3 nitrogen and oxygen atoms in total. The fourth-order valence-electron chi connectivity index (χ4n) is 1.39. The Balaban J connectivity index is 2.71. The van der Waals surface area contributed by atoms with Gasteiger partial charge in [0, 0.05) is 12.2 Å². The van der Waals surface area contributed by atoms with Crippen LogP contribution in [0.2, 0.25) is 0 Å². The third-order valence-electron chi connectivity index (χ3n) is 2.70. The van der Waals surface area contributed by atoms with Crippen LogP contribution in [-0.4, -0.2) is 17.6 Å². The lowest BCUT2D eigenvalue weighted by atomic mass is 9.93. The maximum Gasteiger partial charge on any atom is 0.310 e. The van der Waals surface area contributed by atoms with E-state index in [0.29, 0.717) is 6.54 Å². The number of rotatable bonds is 5. The Morgan fingerprint density at radius 3 is 2.56 bits per heavy atom. The lowest BCUT2D eigenvalue weighted by Gasteiger charge is -2.21. The van der Waals surface area contributed by atoms with E-state index in [9.17, 15) is 4.79 Å². The lowest BCUT2D eigenvalue weighted by molar-refractivity contribution is -0.146. The molecule has 0 aliphatic rings. The molecule has 0 heterocycles. The summed E-state index contributed by atoms with van der Waals surface area (Å²) < 4.78 is 0. The third-order valence-corrected chi connectivity index (χ3v) is 2.70. The minimum Gasteiger partial charge on any atom is -0.481 e. The Kier molecular flexibility index (Phi) is 3.93. The van der Waals surface area contributed by atoms with Gasteiger partial charge in [0.05, 0.1) is 5.41 Å². The highest BCUT2D eigenvalue weighted by molar-refractivity contribution is 5.74. The number of aryl methyl sites for hydroxylation is 1. The molecule has 1 aromatic rings. The number of carboxylic acids is 1. The molecule has 0 aliphatic carbocycles. The van der Waals surface area contributed by atoms with Crippen LogP contribution >= 0.6 is 0 Å². The first kappa shape index (κ1) is 12.6. The van der Waals surface area contributed by atoms with E-state index >= 15 is 0 Å². The van der Waals surface area contributed by atoms with E-state index < -0.39 is 11.4 Å². The number of aliphatic carboxylic acids is 1. The molecule has 88 valence electrons. The van der Waals surface area contributed by atoms with Crippen LogP contribution in [0.4, 0.5) is 5.69 Å². The van der Waals surface area contributed by atoms with Crippen molar-refractivity contribution in [3.05, 3.63) is 29.8 Å². The van der Waals surface area contributed by atoms with Crippen LogP contribution in [0.5, 0.6) is 0 Å². The summed E-state index contributed by atoms with van der Waals surface area (Å²) >= 11 is 0. The first-order valence-electron chi connectivity index (χ1n) is 5.52. The summed E-state index contributed by atoms with van der Waals surface area (Å²) in [5.41, 5.74) is 1.49. The van der Waals surface area contributed by atoms with Crippen LogP contribution in [0.15, 0.2) is 24.3 Å². The van der Waals surface area contributed by atoms with E-state index in [2.05, 4.69) is 18.3 Å². The van der Waals surface area contributed by atoms with Crippen LogP contribution in [0.1, 0.15) is 26.3 Å². The number of anilines is 1. The highest BCUT2D eigenvalue weighted by Crippen LogP contribution is 2.20. The molecule has 16 heavy (non-hydrogen) atoms. The zero-order valence-electron chi connectivity index (χ0n) is 10.1. The van der Waals surface area contributed by atoms with Gasteiger partial charge in [-0.3, -0.25) is 4.79 Å². The smallest absolute Gasteiger partial charge is 0.310 e. The number of carbonyl (C=O) groups is 1. The summed E-state index contributed by atoms with van der Waals surface area (Å²) in [6, 6.07) is 7.98. The summed E-state index contributed by atoms with van der Waals surface area (Å²) in [6.45, 7) is 5.95. The molecule has 0 fully saturated rings. The predicted molar refractivity (Wildman–Crippen MR) is 65.7 cm³/mol. The molecule has 0 bridgehead atoms. The summed E-state index contributed by atoms with van der Waals surface area (Å²) in [5, 5.41) is 12.2. The Morgan fingerprint density at radius 1 is 1.38 bits per heavy atom. The Hall–Kier alpha value is -1.51. The quantitative estimate of drug-likeness (QED) is 0.803. The minimum absolute atomic E-state index is 0.430. The van der Waals surface area contributed by atoms with Crippen molar-refractivity contribution in [1.29, 1.82) is 0 Å². The van der Waals surface area contributed by atoms with Gasteiger partial charge >= 0.3 is 5.97 Å². The van der Waals surface area contributed by atoms with Crippen LogP contribution in [0.3, 0.4) is 0 Å². The Labute approximate surface area is 96.5 Å². The second-order valence-electron chi connectivity index (χ2n) is 4.55. The van der Waals surface area contributed by atoms with Gasteiger partial charge in [-0.25, -0.2) is 0 Å². The number of nitrogens with one attached hydrogen (secondary N) is 1. The van der Waals surface area contributed by atoms with Gasteiger partial charge in [0.15, 0.2) is 0 Å². The van der Waals surface area contributed by atoms with Crippen molar-refractivity contribution in [2.45, 2.75) is 27.2 Å². The fraction of sp³-hybridized carbons (Fsp3) is 0.462. The average molecular weight is 221 g/mol. The molecule has 0 atom stereocenters. The SMILES string of the molecule is CCc1ccccc1NCC(C)(C)C(=O)O. The molecule has 0 saturated heterocycles. The average Bonchev–Trinajstić information content (AvgIpc) is 2.26. The number of hydrogen-bond acceptors (Lipinski definition) is 2. The van der Waals surface area contributed by atoms with Gasteiger partial charge in [-0.1, -0.05) is 25.1 Å². The highest BCUT2D eigenvalue weighted by atomic mass is 16.4. The van der Waals surface area contributed by atoms with Crippen molar-refractivity contribution >= 4 is 11.7 Å². The van der Waals surface area contributed by atoms with E-state index in [4.69, 9.17) is 5.11 Å². The van der Waals surface area contributed by atoms with Crippen molar-refractivity contribution in [3.63, 3.8) is 0 Å². The monoisotopic (exact) mass is 221 g/mol. The maximum absolute atomic E-state index is 11.0. The molecule has 0 spiro atoms. The molecule has 0 radical (unpaired) electrons. The van der Waals surface area contributed by atoms with E-state index in [0.717, 1.165) is 12.1 Å². The second-order valence-corrected chi connectivity index (χ2v) is 4.55. The normalized spacial score (nSPS) is 11.2. The molecule has 2 N–H and O–H groups in total. The Bertz CT molecular complexity index is 372. The molecule has 0 amide bonds. The van der Waals surface area contributed by atoms with Gasteiger partial charge < -0.3 is 10.4 Å². The first-order chi connectivity index (χ1) is 7.47. The minimum atomic E-state index is -0.783. The molecule has 0 aromatic heterocycles. The zero-order valence-corrected chi connectivity index (χ0v) is 10.1. The van der Waals surface area contributed by atoms with E-state index in [-0.39, 0.29) is 0 Å². The maximum atomic E-state index is 11.0. The fourth-order valence-corrected chi connectivity index (χ4v) is 1.39. The summed E-state index contributed by atoms with van der Waals surface area (Å²) in [5.74, 6) is -0.783. The number of para-hydroxylation sites is 1. The number of hydrogen-bond donors (Lipinski definition) is 2. The molecule has 0 unspecified atom stereocenters. The molecular weight excluding hydrogens is 202 g/mol. The molecule has 3 heteroatoms. The molecular formula is C13H19NO2. The van der Waals surface area contributed by atoms with Gasteiger partial charge in [-0.05, 0) is 31.9 Å². The van der Waals surface area contributed by atoms with Crippen molar-refractivity contribution in [1.82, 2.24) is 0 Å². The third kappa shape index (κ3) is 2.99. The molecule has 1 rings (SSSR count). The molecule has 0 saturated carbocycles. The van der Waals surface area contributed by atoms with Crippen molar-refractivity contribution in [2.75, 3.05) is 11.9 Å². The van der Waals surface area contributed by atoms with E-state index in [1.807, 2.05) is 18.2 Å².